The van der Waals surface area contributed by atoms with E-state index in [-0.39, 0.29) is 24.4 Å². The maximum Gasteiger partial charge on any atom is 0.304 e. The summed E-state index contributed by atoms with van der Waals surface area (Å²) in [4.78, 5) is 13.2. The number of nitrogen functional groups attached to an aromatic ring is 1. The average Bonchev–Trinajstić information content (AvgIpc) is 3.18. The van der Waals surface area contributed by atoms with Crippen LogP contribution in [0.2, 0.25) is 0 Å². The van der Waals surface area contributed by atoms with Crippen molar-refractivity contribution in [2.45, 2.75) is 44.8 Å². The first-order valence-electron chi connectivity index (χ1n) is 8.90. The zero-order chi connectivity index (χ0) is 18.4. The zero-order valence-corrected chi connectivity index (χ0v) is 15.2. The van der Waals surface area contributed by atoms with Crippen LogP contribution >= 0.6 is 0 Å². The number of anilines is 2. The highest BCUT2D eigenvalue weighted by atomic mass is 16.5. The number of carbonyl (C=O) groups is 1. The Balaban J connectivity index is 1.93. The van der Waals surface area contributed by atoms with Gasteiger partial charge in [-0.15, -0.1) is 0 Å². The van der Waals surface area contributed by atoms with Gasteiger partial charge in [-0.25, -0.2) is 0 Å². The number of hydrogen-bond acceptors (Lipinski definition) is 5. The molecule has 138 valence electrons. The van der Waals surface area contributed by atoms with E-state index < -0.39 is 11.7 Å². The highest BCUT2D eigenvalue weighted by molar-refractivity contribution is 5.73. The van der Waals surface area contributed by atoms with Crippen LogP contribution in [0.1, 0.15) is 39.2 Å². The van der Waals surface area contributed by atoms with Gasteiger partial charge in [-0.3, -0.25) is 4.79 Å². The van der Waals surface area contributed by atoms with Crippen molar-refractivity contribution in [2.24, 2.45) is 11.8 Å². The fourth-order valence-corrected chi connectivity index (χ4v) is 4.08. The molecule has 1 heterocycles. The molecule has 25 heavy (non-hydrogen) atoms. The van der Waals surface area contributed by atoms with Crippen LogP contribution in [0, 0.1) is 11.8 Å². The molecule has 6 nitrogen and oxygen atoms in total. The molecule has 0 spiro atoms. The topological polar surface area (TPSA) is 96.0 Å². The summed E-state index contributed by atoms with van der Waals surface area (Å²) in [5.41, 5.74) is 7.26. The van der Waals surface area contributed by atoms with Crippen LogP contribution < -0.4 is 10.6 Å². The third kappa shape index (κ3) is 2.98. The van der Waals surface area contributed by atoms with Gasteiger partial charge in [0, 0.05) is 17.9 Å². The number of aliphatic hydroxyl groups is 1. The van der Waals surface area contributed by atoms with Crippen molar-refractivity contribution in [3.05, 3.63) is 23.8 Å². The largest absolute Gasteiger partial charge is 0.481 e. The number of benzene rings is 1. The number of carboxylic acids is 1. The molecule has 3 rings (SSSR count). The molecule has 1 saturated carbocycles. The molecule has 4 N–H and O–H groups in total. The predicted octanol–water partition coefficient (Wildman–Crippen LogP) is 2.20. The lowest BCUT2D eigenvalue weighted by molar-refractivity contribution is -0.137. The minimum atomic E-state index is -1.10. The van der Waals surface area contributed by atoms with Crippen molar-refractivity contribution < 1.29 is 19.7 Å². The van der Waals surface area contributed by atoms with E-state index in [4.69, 9.17) is 10.5 Å². The molecule has 0 aromatic heterocycles. The summed E-state index contributed by atoms with van der Waals surface area (Å²) in [6.07, 6.45) is 0.992. The molecule has 2 aliphatic rings. The normalized spacial score (nSPS) is 32.0. The van der Waals surface area contributed by atoms with Crippen molar-refractivity contribution in [1.82, 2.24) is 0 Å². The maximum atomic E-state index is 11.2. The number of nitrogens with zero attached hydrogens (tertiary/aromatic N) is 1. The van der Waals surface area contributed by atoms with Crippen molar-refractivity contribution in [2.75, 3.05) is 30.4 Å². The lowest BCUT2D eigenvalue weighted by Gasteiger charge is -2.47. The number of aliphatic carboxylic acids is 1. The molecule has 1 aromatic rings. The zero-order valence-electron chi connectivity index (χ0n) is 15.2. The molecular formula is C19H28N2O4. The molecular weight excluding hydrogens is 320 g/mol. The fourth-order valence-electron chi connectivity index (χ4n) is 4.08. The van der Waals surface area contributed by atoms with E-state index in [1.54, 1.807) is 0 Å². The van der Waals surface area contributed by atoms with Crippen molar-refractivity contribution in [3.8, 4) is 0 Å². The smallest absolute Gasteiger partial charge is 0.304 e. The quantitative estimate of drug-likeness (QED) is 0.706. The Labute approximate surface area is 148 Å². The SMILES string of the molecule is CC1CC1(CC(=O)O)c1ccc(N2CCOC[C@@]2(O)C(C)C)c(N)c1. The van der Waals surface area contributed by atoms with Gasteiger partial charge in [0.25, 0.3) is 0 Å². The van der Waals surface area contributed by atoms with Gasteiger partial charge in [0.2, 0.25) is 0 Å². The number of hydrogen-bond donors (Lipinski definition) is 3. The number of nitrogens with two attached hydrogens (primary N) is 1. The van der Waals surface area contributed by atoms with E-state index in [0.29, 0.717) is 24.8 Å². The Bertz CT molecular complexity index is 677. The standard InChI is InChI=1S/C19H28N2O4/c1-12(2)19(24)11-25-7-6-21(19)16-5-4-14(8-15(16)20)18(9-13(18)3)10-17(22)23/h4-5,8,12-13,24H,6-7,9-11,20H2,1-3H3,(H,22,23)/t13?,18?,19-/m1/s1. The molecule has 0 bridgehead atoms. The van der Waals surface area contributed by atoms with E-state index >= 15 is 0 Å². The van der Waals surface area contributed by atoms with E-state index in [9.17, 15) is 15.0 Å². The monoisotopic (exact) mass is 348 g/mol. The molecule has 2 unspecified atom stereocenters. The summed E-state index contributed by atoms with van der Waals surface area (Å²) in [5, 5.41) is 20.3. The van der Waals surface area contributed by atoms with Crippen molar-refractivity contribution >= 4 is 17.3 Å². The highest BCUT2D eigenvalue weighted by Crippen LogP contribution is 2.57. The summed E-state index contributed by atoms with van der Waals surface area (Å²) in [6, 6.07) is 5.77. The van der Waals surface area contributed by atoms with Gasteiger partial charge in [0.1, 0.15) is 0 Å². The molecule has 3 atom stereocenters. The number of ether oxygens (including phenoxy) is 1. The van der Waals surface area contributed by atoms with E-state index in [0.717, 1.165) is 17.7 Å². The molecule has 1 saturated heterocycles. The molecule has 2 fully saturated rings. The van der Waals surface area contributed by atoms with Crippen molar-refractivity contribution in [1.29, 1.82) is 0 Å². The number of morpholine rings is 1. The van der Waals surface area contributed by atoms with Crippen LogP contribution in [0.15, 0.2) is 18.2 Å². The fraction of sp³-hybridized carbons (Fsp3) is 0.632. The number of rotatable bonds is 5. The molecule has 6 heteroatoms. The highest BCUT2D eigenvalue weighted by Gasteiger charge is 2.53. The Morgan fingerprint density at radius 2 is 2.16 bits per heavy atom. The van der Waals surface area contributed by atoms with E-state index in [1.807, 2.05) is 36.9 Å². The minimum Gasteiger partial charge on any atom is -0.481 e. The summed E-state index contributed by atoms with van der Waals surface area (Å²) in [7, 11) is 0. The molecule has 1 aliphatic heterocycles. The molecule has 0 amide bonds. The van der Waals surface area contributed by atoms with Gasteiger partial charge in [0.05, 0.1) is 31.0 Å². The lowest BCUT2D eigenvalue weighted by atomic mass is 9.89. The van der Waals surface area contributed by atoms with Crippen LogP contribution in [-0.2, 0) is 14.9 Å². The minimum absolute atomic E-state index is 0.0197. The van der Waals surface area contributed by atoms with E-state index in [1.165, 1.54) is 0 Å². The van der Waals surface area contributed by atoms with Crippen LogP contribution in [0.5, 0.6) is 0 Å². The Morgan fingerprint density at radius 3 is 2.68 bits per heavy atom. The predicted molar refractivity (Wildman–Crippen MR) is 96.5 cm³/mol. The van der Waals surface area contributed by atoms with Gasteiger partial charge in [-0.1, -0.05) is 26.8 Å². The number of carboxylic acid groups (broad SMARTS) is 1. The Morgan fingerprint density at radius 1 is 1.48 bits per heavy atom. The summed E-state index contributed by atoms with van der Waals surface area (Å²) >= 11 is 0. The Hall–Kier alpha value is -1.79. The summed E-state index contributed by atoms with van der Waals surface area (Å²) in [5.74, 6) is -0.465. The lowest BCUT2D eigenvalue weighted by Crippen LogP contribution is -2.60. The third-order valence-electron chi connectivity index (χ3n) is 5.98. The first kappa shape index (κ1) is 18.0. The van der Waals surface area contributed by atoms with Crippen LogP contribution in [0.25, 0.3) is 0 Å². The van der Waals surface area contributed by atoms with Crippen LogP contribution in [0.4, 0.5) is 11.4 Å². The third-order valence-corrected chi connectivity index (χ3v) is 5.98. The average molecular weight is 348 g/mol. The van der Waals surface area contributed by atoms with E-state index in [2.05, 4.69) is 6.92 Å². The summed E-state index contributed by atoms with van der Waals surface area (Å²) in [6.45, 7) is 7.34. The summed E-state index contributed by atoms with van der Waals surface area (Å²) < 4.78 is 5.49. The van der Waals surface area contributed by atoms with Gasteiger partial charge in [-0.05, 0) is 30.0 Å². The second-order valence-corrected chi connectivity index (χ2v) is 7.84. The molecule has 1 aliphatic carbocycles. The van der Waals surface area contributed by atoms with Gasteiger partial charge >= 0.3 is 5.97 Å². The molecule has 0 radical (unpaired) electrons. The first-order valence-corrected chi connectivity index (χ1v) is 8.90. The maximum absolute atomic E-state index is 11.2. The van der Waals surface area contributed by atoms with Gasteiger partial charge in [0.15, 0.2) is 5.72 Å². The van der Waals surface area contributed by atoms with Gasteiger partial charge in [-0.2, -0.15) is 0 Å². The Kier molecular flexibility index (Phi) is 4.45. The molecule has 1 aromatic carbocycles. The van der Waals surface area contributed by atoms with Crippen LogP contribution in [-0.4, -0.2) is 41.7 Å². The first-order chi connectivity index (χ1) is 11.7. The van der Waals surface area contributed by atoms with Crippen molar-refractivity contribution in [3.63, 3.8) is 0 Å². The van der Waals surface area contributed by atoms with Gasteiger partial charge < -0.3 is 25.6 Å². The van der Waals surface area contributed by atoms with Crippen LogP contribution in [0.3, 0.4) is 0 Å². The second-order valence-electron chi connectivity index (χ2n) is 7.84. The second kappa shape index (κ2) is 6.18.